The third-order valence-electron chi connectivity index (χ3n) is 4.36. The van der Waals surface area contributed by atoms with Gasteiger partial charge in [-0.15, -0.1) is 5.10 Å². The number of aromatic nitrogens is 7. The lowest BCUT2D eigenvalue weighted by molar-refractivity contribution is 0.0594. The molecule has 4 rings (SSSR count). The van der Waals surface area contributed by atoms with Gasteiger partial charge in [-0.2, -0.15) is 14.6 Å². The van der Waals surface area contributed by atoms with Gasteiger partial charge in [0.1, 0.15) is 12.1 Å². The van der Waals surface area contributed by atoms with Crippen molar-refractivity contribution >= 4 is 17.6 Å². The Kier molecular flexibility index (Phi) is 3.79. The highest BCUT2D eigenvalue weighted by Gasteiger charge is 2.25. The van der Waals surface area contributed by atoms with Crippen LogP contribution in [0, 0.1) is 6.92 Å². The zero-order chi connectivity index (χ0) is 17.4. The van der Waals surface area contributed by atoms with Gasteiger partial charge in [-0.05, 0) is 19.8 Å². The lowest BCUT2D eigenvalue weighted by Gasteiger charge is -2.34. The summed E-state index contributed by atoms with van der Waals surface area (Å²) >= 11 is 0. The van der Waals surface area contributed by atoms with Gasteiger partial charge in [0.15, 0.2) is 5.69 Å². The predicted molar refractivity (Wildman–Crippen MR) is 87.4 cm³/mol. The molecule has 1 atom stereocenters. The van der Waals surface area contributed by atoms with E-state index in [1.165, 1.54) is 13.4 Å². The van der Waals surface area contributed by atoms with Crippen LogP contribution >= 0.6 is 0 Å². The third kappa shape index (κ3) is 2.79. The Balaban J connectivity index is 1.61. The van der Waals surface area contributed by atoms with Crippen LogP contribution in [0.4, 0.5) is 5.82 Å². The summed E-state index contributed by atoms with van der Waals surface area (Å²) < 4.78 is 8.18. The first kappa shape index (κ1) is 15.5. The quantitative estimate of drug-likeness (QED) is 0.639. The van der Waals surface area contributed by atoms with Crippen molar-refractivity contribution in [2.75, 3.05) is 25.1 Å². The molecule has 0 N–H and O–H groups in total. The fourth-order valence-corrected chi connectivity index (χ4v) is 3.17. The minimum absolute atomic E-state index is 0.117. The number of rotatable bonds is 3. The lowest BCUT2D eigenvalue weighted by atomic mass is 10.1. The number of fused-ring (bicyclic) bond motifs is 1. The molecule has 10 heteroatoms. The van der Waals surface area contributed by atoms with E-state index in [1.807, 2.05) is 13.0 Å². The van der Waals surface area contributed by atoms with Crippen LogP contribution in [-0.2, 0) is 4.74 Å². The Labute approximate surface area is 143 Å². The summed E-state index contributed by atoms with van der Waals surface area (Å²) in [5.41, 5.74) is 1.12. The molecule has 0 saturated carbocycles. The van der Waals surface area contributed by atoms with Gasteiger partial charge in [0.05, 0.1) is 19.3 Å². The SMILES string of the molecule is COC(=O)c1cn([C@H]2CCCN(c3cc(C)nc4ncnn34)C2)nn1. The van der Waals surface area contributed by atoms with E-state index in [-0.39, 0.29) is 11.7 Å². The monoisotopic (exact) mass is 342 g/mol. The molecule has 25 heavy (non-hydrogen) atoms. The Morgan fingerprint density at radius 3 is 3.12 bits per heavy atom. The van der Waals surface area contributed by atoms with Gasteiger partial charge >= 0.3 is 5.97 Å². The second-order valence-corrected chi connectivity index (χ2v) is 6.05. The summed E-state index contributed by atoms with van der Waals surface area (Å²) in [4.78, 5) is 22.4. The van der Waals surface area contributed by atoms with Crippen LogP contribution in [0.25, 0.3) is 5.78 Å². The first-order valence-electron chi connectivity index (χ1n) is 8.08. The van der Waals surface area contributed by atoms with Gasteiger partial charge in [-0.1, -0.05) is 5.21 Å². The number of carbonyl (C=O) groups excluding carboxylic acids is 1. The molecule has 3 aromatic heterocycles. The van der Waals surface area contributed by atoms with Crippen LogP contribution in [0.2, 0.25) is 0 Å². The predicted octanol–water partition coefficient (Wildman–Crippen LogP) is 0.652. The fraction of sp³-hybridized carbons (Fsp3) is 0.467. The Morgan fingerprint density at radius 2 is 2.28 bits per heavy atom. The Hall–Kier alpha value is -3.04. The van der Waals surface area contributed by atoms with E-state index >= 15 is 0 Å². The molecular weight excluding hydrogens is 324 g/mol. The molecule has 0 bridgehead atoms. The molecule has 1 aliphatic heterocycles. The number of ether oxygens (including phenoxy) is 1. The molecule has 0 amide bonds. The number of aryl methyl sites for hydroxylation is 1. The molecule has 4 heterocycles. The number of carbonyl (C=O) groups is 1. The first-order chi connectivity index (χ1) is 12.2. The minimum atomic E-state index is -0.479. The average molecular weight is 342 g/mol. The maximum atomic E-state index is 11.6. The Bertz CT molecular complexity index is 917. The molecule has 0 aromatic carbocycles. The van der Waals surface area contributed by atoms with Gasteiger partial charge in [-0.3, -0.25) is 0 Å². The van der Waals surface area contributed by atoms with Crippen LogP contribution in [0.1, 0.15) is 35.1 Å². The molecule has 130 valence electrons. The van der Waals surface area contributed by atoms with Crippen LogP contribution in [0.15, 0.2) is 18.6 Å². The van der Waals surface area contributed by atoms with E-state index < -0.39 is 5.97 Å². The molecule has 0 radical (unpaired) electrons. The highest BCUT2D eigenvalue weighted by molar-refractivity contribution is 5.86. The fourth-order valence-electron chi connectivity index (χ4n) is 3.17. The smallest absolute Gasteiger partial charge is 0.360 e. The van der Waals surface area contributed by atoms with E-state index in [0.717, 1.165) is 37.4 Å². The molecule has 0 spiro atoms. The van der Waals surface area contributed by atoms with Crippen molar-refractivity contribution in [1.29, 1.82) is 0 Å². The third-order valence-corrected chi connectivity index (χ3v) is 4.36. The van der Waals surface area contributed by atoms with E-state index in [9.17, 15) is 4.79 Å². The number of hydrogen-bond acceptors (Lipinski definition) is 8. The largest absolute Gasteiger partial charge is 0.464 e. The summed E-state index contributed by atoms with van der Waals surface area (Å²) in [5.74, 6) is 1.07. The molecule has 0 aliphatic carbocycles. The van der Waals surface area contributed by atoms with Crippen LogP contribution in [-0.4, -0.2) is 60.7 Å². The topological polar surface area (TPSA) is 103 Å². The molecule has 1 saturated heterocycles. The molecule has 0 unspecified atom stereocenters. The normalized spacial score (nSPS) is 17.8. The molecule has 10 nitrogen and oxygen atoms in total. The second kappa shape index (κ2) is 6.11. The van der Waals surface area contributed by atoms with Crippen LogP contribution < -0.4 is 4.90 Å². The van der Waals surface area contributed by atoms with Gasteiger partial charge in [-0.25, -0.2) is 14.5 Å². The highest BCUT2D eigenvalue weighted by atomic mass is 16.5. The van der Waals surface area contributed by atoms with Crippen LogP contribution in [0.3, 0.4) is 0 Å². The van der Waals surface area contributed by atoms with E-state index in [4.69, 9.17) is 0 Å². The van der Waals surface area contributed by atoms with Gasteiger partial charge in [0, 0.05) is 24.8 Å². The van der Waals surface area contributed by atoms with Crippen molar-refractivity contribution in [2.45, 2.75) is 25.8 Å². The van der Waals surface area contributed by atoms with Crippen molar-refractivity contribution in [3.8, 4) is 0 Å². The van der Waals surface area contributed by atoms with E-state index in [1.54, 1.807) is 15.4 Å². The number of piperidine rings is 1. The van der Waals surface area contributed by atoms with E-state index in [0.29, 0.717) is 5.78 Å². The first-order valence-corrected chi connectivity index (χ1v) is 8.08. The summed E-state index contributed by atoms with van der Waals surface area (Å²) in [5, 5.41) is 12.3. The maximum Gasteiger partial charge on any atom is 0.360 e. The lowest BCUT2D eigenvalue weighted by Crippen LogP contribution is -2.38. The summed E-state index contributed by atoms with van der Waals surface area (Å²) in [6, 6.07) is 2.12. The van der Waals surface area contributed by atoms with Crippen molar-refractivity contribution in [3.05, 3.63) is 30.0 Å². The number of esters is 1. The van der Waals surface area contributed by atoms with Crippen molar-refractivity contribution in [2.24, 2.45) is 0 Å². The summed E-state index contributed by atoms with van der Waals surface area (Å²) in [6.45, 7) is 3.59. The van der Waals surface area contributed by atoms with Crippen molar-refractivity contribution in [3.63, 3.8) is 0 Å². The average Bonchev–Trinajstić information content (AvgIpc) is 3.29. The zero-order valence-corrected chi connectivity index (χ0v) is 14.0. The number of hydrogen-bond donors (Lipinski definition) is 0. The summed E-state index contributed by atoms with van der Waals surface area (Å²) in [7, 11) is 1.33. The second-order valence-electron chi connectivity index (χ2n) is 6.05. The highest BCUT2D eigenvalue weighted by Crippen LogP contribution is 2.26. The molecule has 3 aromatic rings. The number of anilines is 1. The summed E-state index contributed by atoms with van der Waals surface area (Å²) in [6.07, 6.45) is 5.11. The van der Waals surface area contributed by atoms with Crippen molar-refractivity contribution in [1.82, 2.24) is 34.6 Å². The minimum Gasteiger partial charge on any atom is -0.464 e. The standard InChI is InChI=1S/C15H18N8O2/c1-10-6-13(23-15(18-10)16-9-17-23)21-5-3-4-11(7-21)22-8-12(19-20-22)14(24)25-2/h6,8-9,11H,3-5,7H2,1-2H3/t11-/m0/s1. The Morgan fingerprint density at radius 1 is 1.40 bits per heavy atom. The molecule has 1 aliphatic rings. The van der Waals surface area contributed by atoms with Gasteiger partial charge in [0.2, 0.25) is 0 Å². The van der Waals surface area contributed by atoms with Crippen LogP contribution in [0.5, 0.6) is 0 Å². The molecular formula is C15H18N8O2. The number of methoxy groups -OCH3 is 1. The molecule has 1 fully saturated rings. The maximum absolute atomic E-state index is 11.6. The van der Waals surface area contributed by atoms with E-state index in [2.05, 4.69) is 35.0 Å². The van der Waals surface area contributed by atoms with Crippen molar-refractivity contribution < 1.29 is 9.53 Å². The van der Waals surface area contributed by atoms with Gasteiger partial charge < -0.3 is 9.64 Å². The number of nitrogens with zero attached hydrogens (tertiary/aromatic N) is 8. The van der Waals surface area contributed by atoms with Gasteiger partial charge in [0.25, 0.3) is 5.78 Å². The zero-order valence-electron chi connectivity index (χ0n) is 14.0.